The van der Waals surface area contributed by atoms with E-state index in [2.05, 4.69) is 30.2 Å². The molecule has 2 nitrogen and oxygen atoms in total. The molecule has 0 aliphatic carbocycles. The van der Waals surface area contributed by atoms with Gasteiger partial charge in [-0.2, -0.15) is 0 Å². The Kier molecular flexibility index (Phi) is 3.47. The van der Waals surface area contributed by atoms with Crippen LogP contribution >= 0.6 is 23.4 Å². The van der Waals surface area contributed by atoms with Gasteiger partial charge in [0, 0.05) is 13.0 Å². The van der Waals surface area contributed by atoms with Crippen molar-refractivity contribution in [3.8, 4) is 0 Å². The molecule has 1 aliphatic rings. The normalized spacial score (nSPS) is 30.3. The van der Waals surface area contributed by atoms with Crippen LogP contribution in [0, 0.1) is 5.92 Å². The Morgan fingerprint density at radius 1 is 1.75 bits per heavy atom. The first-order valence-electron chi connectivity index (χ1n) is 3.87. The average Bonchev–Trinajstić information content (AvgIpc) is 2.30. The third-order valence-corrected chi connectivity index (χ3v) is 3.33. The number of nitrogens with zero attached hydrogens (tertiary/aromatic N) is 1. The monoisotopic (exact) mass is 204 g/mol. The molecule has 1 aliphatic heterocycles. The van der Waals surface area contributed by atoms with Crippen molar-refractivity contribution in [1.82, 2.24) is 5.32 Å². The van der Waals surface area contributed by atoms with Gasteiger partial charge in [0.2, 0.25) is 0 Å². The summed E-state index contributed by atoms with van der Waals surface area (Å²) in [7, 11) is 1.68. The molecule has 4 heteroatoms. The first kappa shape index (κ1) is 9.93. The molecule has 0 amide bonds. The van der Waals surface area contributed by atoms with E-state index < -0.39 is 0 Å². The molecule has 1 heterocycles. The van der Waals surface area contributed by atoms with Crippen LogP contribution in [0.25, 0.3) is 0 Å². The van der Waals surface area contributed by atoms with E-state index >= 15 is 0 Å². The number of hydrogen-bond donors (Lipinski definition) is 1. The fourth-order valence-corrected chi connectivity index (χ4v) is 2.49. The second-order valence-corrected chi connectivity index (χ2v) is 4.58. The zero-order chi connectivity index (χ0) is 9.14. The average molecular weight is 205 g/mol. The Labute approximate surface area is 82.5 Å². The Hall–Kier alpha value is -0.150. The van der Waals surface area contributed by atoms with Gasteiger partial charge in [-0.15, -0.1) is 11.8 Å². The number of allylic oxidation sites excluding steroid dienone is 1. The lowest BCUT2D eigenvalue weighted by Crippen LogP contribution is -2.31. The number of hydrogen-bond acceptors (Lipinski definition) is 2. The number of thioether (sulfide) groups is 1. The van der Waals surface area contributed by atoms with Crippen molar-refractivity contribution < 1.29 is 0 Å². The van der Waals surface area contributed by atoms with Crippen molar-refractivity contribution in [2.75, 3.05) is 7.05 Å². The molecule has 0 spiro atoms. The standard InChI is InChI=1S/C8H13ClN2S/c1-5-4-6(2)12-7(5)11-8(9)10-3/h4-5,7H,1-3H3,(H,10,11). The van der Waals surface area contributed by atoms with Crippen molar-refractivity contribution in [3.05, 3.63) is 11.0 Å². The minimum Gasteiger partial charge on any atom is -0.348 e. The molecule has 0 saturated carbocycles. The van der Waals surface area contributed by atoms with Crippen LogP contribution in [0.3, 0.4) is 0 Å². The Balaban J connectivity index is 2.47. The van der Waals surface area contributed by atoms with E-state index in [0.29, 0.717) is 16.6 Å². The maximum Gasteiger partial charge on any atom is 0.191 e. The number of rotatable bonds is 1. The molecule has 0 radical (unpaired) electrons. The SMILES string of the molecule is CN=C(Cl)NC1SC(C)=CC1C. The molecular formula is C8H13ClN2S. The lowest BCUT2D eigenvalue weighted by Gasteiger charge is -2.15. The third kappa shape index (κ3) is 2.42. The highest BCUT2D eigenvalue weighted by molar-refractivity contribution is 8.03. The number of amidine groups is 1. The largest absolute Gasteiger partial charge is 0.348 e. The minimum atomic E-state index is 0.348. The van der Waals surface area contributed by atoms with Gasteiger partial charge >= 0.3 is 0 Å². The van der Waals surface area contributed by atoms with Crippen LogP contribution in [0.2, 0.25) is 0 Å². The topological polar surface area (TPSA) is 24.4 Å². The molecule has 68 valence electrons. The van der Waals surface area contributed by atoms with E-state index in [1.54, 1.807) is 18.8 Å². The van der Waals surface area contributed by atoms with Gasteiger partial charge in [0.1, 0.15) is 0 Å². The summed E-state index contributed by atoms with van der Waals surface area (Å²) >= 11 is 7.56. The van der Waals surface area contributed by atoms with Crippen molar-refractivity contribution in [2.24, 2.45) is 10.9 Å². The number of aliphatic imine (C=N–C) groups is 1. The highest BCUT2D eigenvalue weighted by Crippen LogP contribution is 2.34. The van der Waals surface area contributed by atoms with Gasteiger partial charge in [0.25, 0.3) is 0 Å². The lowest BCUT2D eigenvalue weighted by atomic mass is 10.2. The fraction of sp³-hybridized carbons (Fsp3) is 0.625. The van der Waals surface area contributed by atoms with Gasteiger partial charge in [0.05, 0.1) is 5.37 Å². The van der Waals surface area contributed by atoms with Crippen molar-refractivity contribution in [2.45, 2.75) is 19.2 Å². The summed E-state index contributed by atoms with van der Waals surface area (Å²) in [5, 5.41) is 3.97. The summed E-state index contributed by atoms with van der Waals surface area (Å²) in [6, 6.07) is 0. The van der Waals surface area contributed by atoms with Gasteiger partial charge in [-0.05, 0) is 23.4 Å². The predicted octanol–water partition coefficient (Wildman–Crippen LogP) is 2.41. The first-order valence-corrected chi connectivity index (χ1v) is 5.13. The number of halogens is 1. The lowest BCUT2D eigenvalue weighted by molar-refractivity contribution is 0.655. The fourth-order valence-electron chi connectivity index (χ4n) is 1.15. The number of nitrogens with one attached hydrogen (secondary N) is 1. The van der Waals surface area contributed by atoms with Crippen molar-refractivity contribution in [3.63, 3.8) is 0 Å². The molecule has 2 unspecified atom stereocenters. The Bertz CT molecular complexity index is 225. The molecule has 2 atom stereocenters. The highest BCUT2D eigenvalue weighted by Gasteiger charge is 2.22. The molecule has 0 aromatic heterocycles. The maximum atomic E-state index is 5.76. The van der Waals surface area contributed by atoms with Crippen molar-refractivity contribution >= 4 is 28.7 Å². The minimum absolute atomic E-state index is 0.348. The van der Waals surface area contributed by atoms with Gasteiger partial charge < -0.3 is 5.32 Å². The zero-order valence-electron chi connectivity index (χ0n) is 7.47. The van der Waals surface area contributed by atoms with Gasteiger partial charge in [-0.3, -0.25) is 4.99 Å². The molecule has 1 N–H and O–H groups in total. The highest BCUT2D eigenvalue weighted by atomic mass is 35.5. The second-order valence-electron chi connectivity index (χ2n) is 2.83. The van der Waals surface area contributed by atoms with Gasteiger partial charge in [-0.25, -0.2) is 0 Å². The molecule has 1 rings (SSSR count). The molecule has 0 bridgehead atoms. The van der Waals surface area contributed by atoms with Crippen LogP contribution in [-0.2, 0) is 0 Å². The van der Waals surface area contributed by atoms with E-state index in [-0.39, 0.29) is 0 Å². The summed E-state index contributed by atoms with van der Waals surface area (Å²) in [5.74, 6) is 0.519. The third-order valence-electron chi connectivity index (χ3n) is 1.75. The van der Waals surface area contributed by atoms with Crippen LogP contribution in [0.4, 0.5) is 0 Å². The second kappa shape index (κ2) is 4.19. The summed E-state index contributed by atoms with van der Waals surface area (Å²) < 4.78 is 0. The molecule has 0 aromatic rings. The van der Waals surface area contributed by atoms with Crippen LogP contribution < -0.4 is 5.32 Å². The van der Waals surface area contributed by atoms with Crippen LogP contribution in [-0.4, -0.2) is 17.7 Å². The van der Waals surface area contributed by atoms with Crippen LogP contribution in [0.5, 0.6) is 0 Å². The van der Waals surface area contributed by atoms with E-state index in [9.17, 15) is 0 Å². The summed E-state index contributed by atoms with van der Waals surface area (Å²) in [4.78, 5) is 5.19. The molecule has 0 aromatic carbocycles. The maximum absolute atomic E-state index is 5.76. The van der Waals surface area contributed by atoms with E-state index in [1.807, 2.05) is 0 Å². The molecular weight excluding hydrogens is 192 g/mol. The summed E-state index contributed by atoms with van der Waals surface area (Å²) in [6.45, 7) is 4.28. The molecule has 0 saturated heterocycles. The summed E-state index contributed by atoms with van der Waals surface area (Å²) in [5.41, 5.74) is 0. The Morgan fingerprint density at radius 3 is 2.83 bits per heavy atom. The smallest absolute Gasteiger partial charge is 0.191 e. The Morgan fingerprint density at radius 2 is 2.42 bits per heavy atom. The quantitative estimate of drug-likeness (QED) is 0.403. The van der Waals surface area contributed by atoms with Gasteiger partial charge in [0.15, 0.2) is 5.29 Å². The predicted molar refractivity (Wildman–Crippen MR) is 56.6 cm³/mol. The van der Waals surface area contributed by atoms with Crippen LogP contribution in [0.15, 0.2) is 16.0 Å². The first-order chi connectivity index (χ1) is 5.63. The molecule has 0 fully saturated rings. The van der Waals surface area contributed by atoms with Crippen molar-refractivity contribution in [1.29, 1.82) is 0 Å². The molecule has 12 heavy (non-hydrogen) atoms. The van der Waals surface area contributed by atoms with Crippen LogP contribution in [0.1, 0.15) is 13.8 Å². The van der Waals surface area contributed by atoms with E-state index in [4.69, 9.17) is 11.6 Å². The summed E-state index contributed by atoms with van der Waals surface area (Å²) in [6.07, 6.45) is 2.24. The van der Waals surface area contributed by atoms with E-state index in [1.165, 1.54) is 4.91 Å². The van der Waals surface area contributed by atoms with E-state index in [0.717, 1.165) is 0 Å². The zero-order valence-corrected chi connectivity index (χ0v) is 9.04. The van der Waals surface area contributed by atoms with Gasteiger partial charge in [-0.1, -0.05) is 13.0 Å².